The van der Waals surface area contributed by atoms with Gasteiger partial charge in [0.15, 0.2) is 5.78 Å². The molecule has 5 nitrogen and oxygen atoms in total. The molecule has 0 fully saturated rings. The number of methoxy groups -OCH3 is 1. The van der Waals surface area contributed by atoms with Gasteiger partial charge in [0.1, 0.15) is 5.75 Å². The predicted octanol–water partition coefficient (Wildman–Crippen LogP) is 4.95. The monoisotopic (exact) mass is 396 g/mol. The number of hydrogen-bond acceptors (Lipinski definition) is 5. The third-order valence-electron chi connectivity index (χ3n) is 4.49. The minimum absolute atomic E-state index is 0.0325. The van der Waals surface area contributed by atoms with E-state index in [0.717, 1.165) is 27.8 Å². The summed E-state index contributed by atoms with van der Waals surface area (Å²) < 4.78 is 5.13. The SMILES string of the molecule is CCN1/C(=C/C(=O)C(C)C)Sc2ccc(NC(=O)c3ccc(OC)cc3)cc21. The summed E-state index contributed by atoms with van der Waals surface area (Å²) >= 11 is 1.58. The number of fused-ring (bicyclic) bond motifs is 1. The molecule has 0 spiro atoms. The van der Waals surface area contributed by atoms with Gasteiger partial charge < -0.3 is 15.0 Å². The van der Waals surface area contributed by atoms with E-state index in [0.29, 0.717) is 11.3 Å². The molecule has 2 aromatic rings. The Balaban J connectivity index is 1.80. The number of ether oxygens (including phenoxy) is 1. The first kappa shape index (κ1) is 20.0. The Hall–Kier alpha value is -2.73. The number of benzene rings is 2. The van der Waals surface area contributed by atoms with Crippen molar-refractivity contribution in [2.75, 3.05) is 23.9 Å². The molecular weight excluding hydrogens is 372 g/mol. The van der Waals surface area contributed by atoms with Crippen molar-refractivity contribution in [3.63, 3.8) is 0 Å². The summed E-state index contributed by atoms with van der Waals surface area (Å²) in [7, 11) is 1.59. The molecule has 1 aliphatic heterocycles. The van der Waals surface area contributed by atoms with Gasteiger partial charge in [-0.15, -0.1) is 0 Å². The molecule has 1 heterocycles. The largest absolute Gasteiger partial charge is 0.497 e. The molecule has 0 unspecified atom stereocenters. The number of nitrogens with zero attached hydrogens (tertiary/aromatic N) is 1. The summed E-state index contributed by atoms with van der Waals surface area (Å²) in [5, 5.41) is 3.87. The molecule has 1 N–H and O–H groups in total. The summed E-state index contributed by atoms with van der Waals surface area (Å²) in [4.78, 5) is 27.8. The van der Waals surface area contributed by atoms with Crippen molar-refractivity contribution >= 4 is 34.8 Å². The lowest BCUT2D eigenvalue weighted by atomic mass is 10.1. The van der Waals surface area contributed by atoms with Gasteiger partial charge in [-0.05, 0) is 49.4 Å². The fraction of sp³-hybridized carbons (Fsp3) is 0.273. The number of allylic oxidation sites excluding steroid dienone is 1. The number of hydrogen-bond donors (Lipinski definition) is 1. The van der Waals surface area contributed by atoms with E-state index in [9.17, 15) is 9.59 Å². The highest BCUT2D eigenvalue weighted by atomic mass is 32.2. The Kier molecular flexibility index (Phi) is 6.09. The Morgan fingerprint density at radius 3 is 2.50 bits per heavy atom. The van der Waals surface area contributed by atoms with Crippen LogP contribution < -0.4 is 15.0 Å². The van der Waals surface area contributed by atoms with Crippen LogP contribution in [0.4, 0.5) is 11.4 Å². The van der Waals surface area contributed by atoms with Crippen molar-refractivity contribution < 1.29 is 14.3 Å². The number of carbonyl (C=O) groups is 2. The van der Waals surface area contributed by atoms with Gasteiger partial charge >= 0.3 is 0 Å². The summed E-state index contributed by atoms with van der Waals surface area (Å²) in [5.41, 5.74) is 2.28. The standard InChI is InChI=1S/C22H24N2O3S/c1-5-24-18-12-16(23-22(26)15-6-9-17(27-4)10-7-15)8-11-20(18)28-21(24)13-19(25)14(2)3/h6-14H,5H2,1-4H3,(H,23,26)/b21-13-. The molecular formula is C22H24N2O3S. The molecule has 0 saturated heterocycles. The van der Waals surface area contributed by atoms with Gasteiger partial charge in [-0.1, -0.05) is 25.6 Å². The molecule has 0 saturated carbocycles. The van der Waals surface area contributed by atoms with Crippen molar-refractivity contribution in [3.8, 4) is 5.75 Å². The van der Waals surface area contributed by atoms with Crippen LogP contribution in [0.15, 0.2) is 58.5 Å². The van der Waals surface area contributed by atoms with Crippen LogP contribution in [-0.4, -0.2) is 25.3 Å². The normalized spacial score (nSPS) is 14.3. The number of nitrogens with one attached hydrogen (secondary N) is 1. The highest BCUT2D eigenvalue weighted by Crippen LogP contribution is 2.46. The van der Waals surface area contributed by atoms with Crippen molar-refractivity contribution in [2.45, 2.75) is 25.7 Å². The second-order valence-corrected chi connectivity index (χ2v) is 7.81. The molecule has 0 radical (unpaired) electrons. The van der Waals surface area contributed by atoms with E-state index in [1.54, 1.807) is 49.2 Å². The van der Waals surface area contributed by atoms with Gasteiger partial charge in [0.05, 0.1) is 17.8 Å². The van der Waals surface area contributed by atoms with Crippen LogP contribution >= 0.6 is 11.8 Å². The van der Waals surface area contributed by atoms with E-state index >= 15 is 0 Å². The maximum atomic E-state index is 12.5. The number of anilines is 2. The zero-order valence-corrected chi connectivity index (χ0v) is 17.3. The Bertz CT molecular complexity index is 920. The first-order valence-corrected chi connectivity index (χ1v) is 10.0. The van der Waals surface area contributed by atoms with Crippen molar-refractivity contribution in [1.29, 1.82) is 0 Å². The van der Waals surface area contributed by atoms with Gasteiger partial charge in [0.2, 0.25) is 0 Å². The van der Waals surface area contributed by atoms with Crippen LogP contribution in [0.2, 0.25) is 0 Å². The summed E-state index contributed by atoms with van der Waals surface area (Å²) in [6, 6.07) is 12.8. The number of carbonyl (C=O) groups excluding carboxylic acids is 2. The lowest BCUT2D eigenvalue weighted by molar-refractivity contribution is -0.117. The third-order valence-corrected chi connectivity index (χ3v) is 5.60. The maximum Gasteiger partial charge on any atom is 0.255 e. The molecule has 0 aromatic heterocycles. The molecule has 0 bridgehead atoms. The lowest BCUT2D eigenvalue weighted by Crippen LogP contribution is -2.18. The van der Waals surface area contributed by atoms with E-state index in [1.165, 1.54) is 0 Å². The molecule has 1 amide bonds. The highest BCUT2D eigenvalue weighted by molar-refractivity contribution is 8.03. The topological polar surface area (TPSA) is 58.6 Å². The van der Waals surface area contributed by atoms with Crippen molar-refractivity contribution in [2.24, 2.45) is 5.92 Å². The van der Waals surface area contributed by atoms with E-state index in [1.807, 2.05) is 39.0 Å². The molecule has 146 valence electrons. The van der Waals surface area contributed by atoms with Crippen LogP contribution in [0.5, 0.6) is 5.75 Å². The average molecular weight is 397 g/mol. The van der Waals surface area contributed by atoms with Crippen LogP contribution in [0.25, 0.3) is 0 Å². The smallest absolute Gasteiger partial charge is 0.255 e. The minimum Gasteiger partial charge on any atom is -0.497 e. The molecule has 3 rings (SSSR count). The summed E-state index contributed by atoms with van der Waals surface area (Å²) in [5.74, 6) is 0.610. The first-order valence-electron chi connectivity index (χ1n) is 9.23. The van der Waals surface area contributed by atoms with Gasteiger partial charge in [0.25, 0.3) is 5.91 Å². The Morgan fingerprint density at radius 1 is 1.18 bits per heavy atom. The molecule has 28 heavy (non-hydrogen) atoms. The molecule has 0 atom stereocenters. The summed E-state index contributed by atoms with van der Waals surface area (Å²) in [6.07, 6.45) is 1.72. The van der Waals surface area contributed by atoms with E-state index in [4.69, 9.17) is 4.74 Å². The van der Waals surface area contributed by atoms with Crippen LogP contribution in [0.1, 0.15) is 31.1 Å². The third kappa shape index (κ3) is 4.22. The zero-order chi connectivity index (χ0) is 20.3. The Labute approximate surface area is 169 Å². The van der Waals surface area contributed by atoms with E-state index in [-0.39, 0.29) is 17.6 Å². The van der Waals surface area contributed by atoms with Gasteiger partial charge in [-0.25, -0.2) is 0 Å². The van der Waals surface area contributed by atoms with Crippen molar-refractivity contribution in [3.05, 3.63) is 59.1 Å². The quantitative estimate of drug-likeness (QED) is 0.701. The second-order valence-electron chi connectivity index (χ2n) is 6.75. The van der Waals surface area contributed by atoms with Crippen LogP contribution in [0, 0.1) is 5.92 Å². The van der Waals surface area contributed by atoms with Crippen molar-refractivity contribution in [1.82, 2.24) is 0 Å². The lowest BCUT2D eigenvalue weighted by Gasteiger charge is -2.19. The van der Waals surface area contributed by atoms with Gasteiger partial charge in [-0.2, -0.15) is 0 Å². The fourth-order valence-corrected chi connectivity index (χ4v) is 3.99. The second kappa shape index (κ2) is 8.52. The zero-order valence-electron chi connectivity index (χ0n) is 16.5. The first-order chi connectivity index (χ1) is 13.4. The highest BCUT2D eigenvalue weighted by Gasteiger charge is 2.25. The van der Waals surface area contributed by atoms with E-state index < -0.39 is 0 Å². The fourth-order valence-electron chi connectivity index (χ4n) is 2.85. The molecule has 2 aromatic carbocycles. The maximum absolute atomic E-state index is 12.5. The minimum atomic E-state index is -0.179. The number of rotatable bonds is 6. The molecule has 6 heteroatoms. The van der Waals surface area contributed by atoms with Gasteiger partial charge in [0, 0.05) is 34.7 Å². The van der Waals surface area contributed by atoms with Crippen LogP contribution in [0.3, 0.4) is 0 Å². The summed E-state index contributed by atoms with van der Waals surface area (Å²) in [6.45, 7) is 6.59. The van der Waals surface area contributed by atoms with E-state index in [2.05, 4.69) is 10.2 Å². The molecule has 0 aliphatic carbocycles. The van der Waals surface area contributed by atoms with Gasteiger partial charge in [-0.3, -0.25) is 9.59 Å². The Morgan fingerprint density at radius 2 is 1.89 bits per heavy atom. The van der Waals surface area contributed by atoms with Crippen LogP contribution in [-0.2, 0) is 4.79 Å². The molecule has 1 aliphatic rings. The number of thioether (sulfide) groups is 1. The number of amides is 1. The average Bonchev–Trinajstić information content (AvgIpc) is 3.04. The predicted molar refractivity (Wildman–Crippen MR) is 114 cm³/mol. The number of ketones is 1.